The molecule has 0 aliphatic carbocycles. The van der Waals surface area contributed by atoms with Gasteiger partial charge in [-0.2, -0.15) is 0 Å². The van der Waals surface area contributed by atoms with E-state index in [9.17, 15) is 4.79 Å². The van der Waals surface area contributed by atoms with Gasteiger partial charge in [-0.05, 0) is 38.3 Å². The summed E-state index contributed by atoms with van der Waals surface area (Å²) < 4.78 is 0. The third-order valence-electron chi connectivity index (χ3n) is 3.03. The van der Waals surface area contributed by atoms with Crippen LogP contribution in [0.1, 0.15) is 29.3 Å². The molecule has 0 aromatic carbocycles. The molecule has 0 spiro atoms. The average molecular weight is 243 g/mol. The van der Waals surface area contributed by atoms with Crippen LogP contribution in [0, 0.1) is 20.8 Å². The molecule has 4 heteroatoms. The van der Waals surface area contributed by atoms with E-state index in [1.165, 1.54) is 0 Å². The Labute approximate surface area is 106 Å². The second-order valence-electron chi connectivity index (χ2n) is 4.52. The summed E-state index contributed by atoms with van der Waals surface area (Å²) in [6.07, 6.45) is 2.53. The van der Waals surface area contributed by atoms with Crippen LogP contribution >= 0.6 is 0 Å². The van der Waals surface area contributed by atoms with Gasteiger partial charge in [0.05, 0.1) is 5.69 Å². The van der Waals surface area contributed by atoms with Crippen molar-refractivity contribution in [3.63, 3.8) is 0 Å². The highest BCUT2D eigenvalue weighted by molar-refractivity contribution is 5.55. The van der Waals surface area contributed by atoms with Gasteiger partial charge in [-0.25, -0.2) is 4.98 Å². The first-order chi connectivity index (χ1) is 8.52. The molecule has 0 atom stereocenters. The second-order valence-corrected chi connectivity index (χ2v) is 4.52. The van der Waals surface area contributed by atoms with Crippen LogP contribution in [0.25, 0.3) is 11.5 Å². The summed E-state index contributed by atoms with van der Waals surface area (Å²) in [5.41, 5.74) is 4.29. The minimum Gasteiger partial charge on any atom is -0.305 e. The van der Waals surface area contributed by atoms with Gasteiger partial charge in [0.2, 0.25) is 0 Å². The number of nitrogens with one attached hydrogen (secondary N) is 1. The summed E-state index contributed by atoms with van der Waals surface area (Å²) in [5, 5.41) is 0. The summed E-state index contributed by atoms with van der Waals surface area (Å²) in [7, 11) is 0. The minimum atomic E-state index is -0.0846. The summed E-state index contributed by atoms with van der Waals surface area (Å²) in [5.74, 6) is 0.556. The third kappa shape index (κ3) is 2.18. The Morgan fingerprint density at radius 1 is 1.28 bits per heavy atom. The highest BCUT2D eigenvalue weighted by atomic mass is 16.1. The van der Waals surface area contributed by atoms with Crippen molar-refractivity contribution in [2.24, 2.45) is 0 Å². The topological polar surface area (TPSA) is 58.6 Å². The number of hydrogen-bond donors (Lipinski definition) is 1. The van der Waals surface area contributed by atoms with Gasteiger partial charge in [0.1, 0.15) is 5.69 Å². The Balaban J connectivity index is 2.64. The molecule has 2 heterocycles. The van der Waals surface area contributed by atoms with Crippen molar-refractivity contribution < 1.29 is 0 Å². The van der Waals surface area contributed by atoms with E-state index in [1.807, 2.05) is 26.8 Å². The molecule has 2 aromatic heterocycles. The number of rotatable bonds is 2. The highest BCUT2D eigenvalue weighted by Crippen LogP contribution is 2.17. The van der Waals surface area contributed by atoms with Crippen LogP contribution in [0.2, 0.25) is 0 Å². The first kappa shape index (κ1) is 12.5. The molecule has 0 aliphatic rings. The number of aromatic nitrogens is 3. The molecule has 18 heavy (non-hydrogen) atoms. The summed E-state index contributed by atoms with van der Waals surface area (Å²) in [6.45, 7) is 7.76. The largest absolute Gasteiger partial charge is 0.305 e. The predicted molar refractivity (Wildman–Crippen MR) is 71.7 cm³/mol. The van der Waals surface area contributed by atoms with E-state index < -0.39 is 0 Å². The van der Waals surface area contributed by atoms with E-state index in [1.54, 1.807) is 13.1 Å². The Morgan fingerprint density at radius 2 is 2.00 bits per heavy atom. The molecule has 0 amide bonds. The zero-order chi connectivity index (χ0) is 13.3. The molecule has 0 fully saturated rings. The molecule has 0 saturated heterocycles. The van der Waals surface area contributed by atoms with Crippen LogP contribution in [0.3, 0.4) is 0 Å². The van der Waals surface area contributed by atoms with Crippen molar-refractivity contribution in [2.75, 3.05) is 0 Å². The molecule has 4 nitrogen and oxygen atoms in total. The summed E-state index contributed by atoms with van der Waals surface area (Å²) >= 11 is 0. The molecule has 2 rings (SSSR count). The smallest absolute Gasteiger partial charge is 0.254 e. The highest BCUT2D eigenvalue weighted by Gasteiger charge is 2.10. The molecule has 0 saturated carbocycles. The maximum Gasteiger partial charge on any atom is 0.254 e. The van der Waals surface area contributed by atoms with E-state index in [2.05, 4.69) is 15.0 Å². The standard InChI is InChI=1S/C14H17N3O/c1-5-11-10(4)14(18)17-13(16-11)12-9(3)6-8(2)7-15-12/h6-7H,5H2,1-4H3,(H,16,17,18). The Morgan fingerprint density at radius 3 is 2.61 bits per heavy atom. The molecule has 0 aliphatic heterocycles. The van der Waals surface area contributed by atoms with Crippen LogP contribution in [-0.2, 0) is 6.42 Å². The van der Waals surface area contributed by atoms with Gasteiger partial charge in [0, 0.05) is 11.8 Å². The van der Waals surface area contributed by atoms with Crippen LogP contribution in [0.15, 0.2) is 17.1 Å². The number of nitrogens with zero attached hydrogens (tertiary/aromatic N) is 2. The Kier molecular flexibility index (Phi) is 3.28. The summed E-state index contributed by atoms with van der Waals surface area (Å²) in [4.78, 5) is 23.5. The van der Waals surface area contributed by atoms with Crippen molar-refractivity contribution in [1.82, 2.24) is 15.0 Å². The number of aromatic amines is 1. The van der Waals surface area contributed by atoms with E-state index in [0.717, 1.165) is 28.9 Å². The third-order valence-corrected chi connectivity index (χ3v) is 3.03. The molecule has 0 bridgehead atoms. The van der Waals surface area contributed by atoms with Gasteiger partial charge in [0.15, 0.2) is 5.82 Å². The first-order valence-electron chi connectivity index (χ1n) is 6.06. The number of aryl methyl sites for hydroxylation is 3. The lowest BCUT2D eigenvalue weighted by molar-refractivity contribution is 0.946. The SMILES string of the molecule is CCc1nc(-c2ncc(C)cc2C)[nH]c(=O)c1C. The Bertz CT molecular complexity index is 644. The van der Waals surface area contributed by atoms with E-state index in [0.29, 0.717) is 11.4 Å². The quantitative estimate of drug-likeness (QED) is 0.880. The Hall–Kier alpha value is -1.97. The lowest BCUT2D eigenvalue weighted by atomic mass is 10.1. The van der Waals surface area contributed by atoms with Crippen molar-refractivity contribution >= 4 is 0 Å². The molecule has 2 aromatic rings. The van der Waals surface area contributed by atoms with Crippen LogP contribution in [-0.4, -0.2) is 15.0 Å². The van der Waals surface area contributed by atoms with Gasteiger partial charge in [-0.15, -0.1) is 0 Å². The van der Waals surface area contributed by atoms with E-state index in [-0.39, 0.29) is 5.56 Å². The first-order valence-corrected chi connectivity index (χ1v) is 6.06. The fourth-order valence-corrected chi connectivity index (χ4v) is 2.00. The molecular formula is C14H17N3O. The van der Waals surface area contributed by atoms with Crippen molar-refractivity contribution in [1.29, 1.82) is 0 Å². The zero-order valence-electron chi connectivity index (χ0n) is 11.2. The van der Waals surface area contributed by atoms with Gasteiger partial charge >= 0.3 is 0 Å². The minimum absolute atomic E-state index is 0.0846. The van der Waals surface area contributed by atoms with Gasteiger partial charge in [-0.1, -0.05) is 13.0 Å². The van der Waals surface area contributed by atoms with Crippen molar-refractivity contribution in [3.05, 3.63) is 45.0 Å². The number of hydrogen-bond acceptors (Lipinski definition) is 3. The molecule has 1 N–H and O–H groups in total. The summed E-state index contributed by atoms with van der Waals surface area (Å²) in [6, 6.07) is 2.04. The normalized spacial score (nSPS) is 10.7. The number of H-pyrrole nitrogens is 1. The maximum atomic E-state index is 11.8. The van der Waals surface area contributed by atoms with Gasteiger partial charge in [-0.3, -0.25) is 9.78 Å². The molecule has 94 valence electrons. The fraction of sp³-hybridized carbons (Fsp3) is 0.357. The fourth-order valence-electron chi connectivity index (χ4n) is 2.00. The molecule has 0 unspecified atom stereocenters. The van der Waals surface area contributed by atoms with Crippen molar-refractivity contribution in [2.45, 2.75) is 34.1 Å². The predicted octanol–water partition coefficient (Wildman–Crippen LogP) is 2.32. The number of pyridine rings is 1. The second kappa shape index (κ2) is 4.72. The van der Waals surface area contributed by atoms with E-state index >= 15 is 0 Å². The lowest BCUT2D eigenvalue weighted by Gasteiger charge is -2.08. The molecule has 0 radical (unpaired) electrons. The lowest BCUT2D eigenvalue weighted by Crippen LogP contribution is -2.16. The van der Waals surface area contributed by atoms with Crippen LogP contribution in [0.5, 0.6) is 0 Å². The maximum absolute atomic E-state index is 11.8. The van der Waals surface area contributed by atoms with Crippen LogP contribution in [0.4, 0.5) is 0 Å². The van der Waals surface area contributed by atoms with Crippen molar-refractivity contribution in [3.8, 4) is 11.5 Å². The van der Waals surface area contributed by atoms with Gasteiger partial charge in [0.25, 0.3) is 5.56 Å². The van der Waals surface area contributed by atoms with Gasteiger partial charge < -0.3 is 4.98 Å². The van der Waals surface area contributed by atoms with E-state index in [4.69, 9.17) is 0 Å². The monoisotopic (exact) mass is 243 g/mol. The average Bonchev–Trinajstić information content (AvgIpc) is 2.32. The molecular weight excluding hydrogens is 226 g/mol. The van der Waals surface area contributed by atoms with Crippen LogP contribution < -0.4 is 5.56 Å². The zero-order valence-corrected chi connectivity index (χ0v) is 11.2.